The van der Waals surface area contributed by atoms with Crippen molar-refractivity contribution in [3.8, 4) is 11.1 Å². The smallest absolute Gasteiger partial charge is 0.269 e. The van der Waals surface area contributed by atoms with Crippen LogP contribution in [0.2, 0.25) is 0 Å². The largest absolute Gasteiger partial charge is 0.398 e. The SMILES string of the molecule is CC.CCCc1cc(-c2c(C)ccc(N)c2C=N)c(N)c(C(N)=O)n1. The number of anilines is 2. The topological polar surface area (TPSA) is 132 Å². The second-order valence-corrected chi connectivity index (χ2v) is 5.44. The third kappa shape index (κ3) is 4.15. The van der Waals surface area contributed by atoms with Crippen LogP contribution in [0.25, 0.3) is 11.1 Å². The molecular formula is C19H27N5O. The zero-order chi connectivity index (χ0) is 19.1. The molecule has 1 amide bonds. The Morgan fingerprint density at radius 2 is 1.92 bits per heavy atom. The molecular weight excluding hydrogens is 314 g/mol. The molecule has 6 heteroatoms. The first-order valence-corrected chi connectivity index (χ1v) is 8.39. The molecule has 2 aromatic rings. The summed E-state index contributed by atoms with van der Waals surface area (Å²) in [6.45, 7) is 7.93. The number of nitrogen functional groups attached to an aromatic ring is 2. The maximum Gasteiger partial charge on any atom is 0.269 e. The highest BCUT2D eigenvalue weighted by atomic mass is 16.1. The molecule has 0 fully saturated rings. The van der Waals surface area contributed by atoms with Crippen LogP contribution in [0.4, 0.5) is 11.4 Å². The van der Waals surface area contributed by atoms with Gasteiger partial charge in [0.15, 0.2) is 5.69 Å². The van der Waals surface area contributed by atoms with Gasteiger partial charge < -0.3 is 22.6 Å². The molecule has 0 unspecified atom stereocenters. The number of benzene rings is 1. The number of nitrogens with zero attached hydrogens (tertiary/aromatic N) is 1. The Morgan fingerprint density at radius 1 is 1.28 bits per heavy atom. The number of pyridine rings is 1. The number of hydrogen-bond acceptors (Lipinski definition) is 5. The quantitative estimate of drug-likeness (QED) is 0.490. The zero-order valence-electron chi connectivity index (χ0n) is 15.3. The lowest BCUT2D eigenvalue weighted by atomic mass is 9.92. The van der Waals surface area contributed by atoms with Gasteiger partial charge in [0, 0.05) is 28.7 Å². The van der Waals surface area contributed by atoms with Crippen molar-refractivity contribution in [2.75, 3.05) is 11.5 Å². The molecule has 7 N–H and O–H groups in total. The number of rotatable bonds is 5. The number of aromatic nitrogens is 1. The molecule has 134 valence electrons. The fourth-order valence-corrected chi connectivity index (χ4v) is 2.64. The molecule has 0 aliphatic carbocycles. The summed E-state index contributed by atoms with van der Waals surface area (Å²) in [4.78, 5) is 15.9. The van der Waals surface area contributed by atoms with Crippen molar-refractivity contribution in [3.05, 3.63) is 40.7 Å². The first kappa shape index (κ1) is 20.2. The number of nitrogens with one attached hydrogen (secondary N) is 1. The average molecular weight is 341 g/mol. The van der Waals surface area contributed by atoms with E-state index >= 15 is 0 Å². The van der Waals surface area contributed by atoms with Crippen molar-refractivity contribution in [2.45, 2.75) is 40.5 Å². The second-order valence-electron chi connectivity index (χ2n) is 5.44. The fourth-order valence-electron chi connectivity index (χ4n) is 2.64. The molecule has 0 aliphatic heterocycles. The molecule has 1 aromatic carbocycles. The van der Waals surface area contributed by atoms with Crippen LogP contribution in [0.15, 0.2) is 18.2 Å². The standard InChI is InChI=1S/C17H21N5O.C2H6/c1-3-4-10-7-11(15(20)16(22-10)17(21)23)14-9(2)5-6-13(19)12(14)8-18;1-2/h5-8,18H,3-4,19-20H2,1-2H3,(H2,21,23);1-2H3. The van der Waals surface area contributed by atoms with Gasteiger partial charge in [-0.2, -0.15) is 0 Å². The summed E-state index contributed by atoms with van der Waals surface area (Å²) in [5.74, 6) is -0.667. The van der Waals surface area contributed by atoms with E-state index in [9.17, 15) is 4.79 Å². The Bertz CT molecular complexity index is 784. The molecule has 25 heavy (non-hydrogen) atoms. The van der Waals surface area contributed by atoms with Crippen molar-refractivity contribution in [3.63, 3.8) is 0 Å². The maximum absolute atomic E-state index is 11.7. The minimum absolute atomic E-state index is 0.0590. The molecule has 0 atom stereocenters. The zero-order valence-corrected chi connectivity index (χ0v) is 15.3. The molecule has 1 aromatic heterocycles. The van der Waals surface area contributed by atoms with Gasteiger partial charge in [-0.3, -0.25) is 4.79 Å². The molecule has 6 nitrogen and oxygen atoms in total. The van der Waals surface area contributed by atoms with Gasteiger partial charge in [0.25, 0.3) is 5.91 Å². The summed E-state index contributed by atoms with van der Waals surface area (Å²) in [6, 6.07) is 5.46. The minimum Gasteiger partial charge on any atom is -0.398 e. The van der Waals surface area contributed by atoms with Crippen LogP contribution in [0, 0.1) is 12.3 Å². The maximum atomic E-state index is 11.7. The first-order valence-electron chi connectivity index (χ1n) is 8.39. The number of hydrogen-bond donors (Lipinski definition) is 4. The van der Waals surface area contributed by atoms with Crippen LogP contribution in [0.5, 0.6) is 0 Å². The lowest BCUT2D eigenvalue weighted by Gasteiger charge is -2.17. The van der Waals surface area contributed by atoms with E-state index in [0.717, 1.165) is 23.2 Å². The van der Waals surface area contributed by atoms with E-state index in [1.54, 1.807) is 6.07 Å². The van der Waals surface area contributed by atoms with Gasteiger partial charge in [-0.05, 0) is 36.6 Å². The minimum atomic E-state index is -0.667. The average Bonchev–Trinajstić information content (AvgIpc) is 2.60. The summed E-state index contributed by atoms with van der Waals surface area (Å²) < 4.78 is 0. The van der Waals surface area contributed by atoms with E-state index in [2.05, 4.69) is 4.98 Å². The Hall–Kier alpha value is -2.89. The number of nitrogens with two attached hydrogens (primary N) is 3. The normalized spacial score (nSPS) is 9.92. The molecule has 0 radical (unpaired) electrons. The van der Waals surface area contributed by atoms with Gasteiger partial charge >= 0.3 is 0 Å². The van der Waals surface area contributed by atoms with Crippen molar-refractivity contribution in [1.82, 2.24) is 4.98 Å². The van der Waals surface area contributed by atoms with E-state index in [1.807, 2.05) is 39.8 Å². The summed E-state index contributed by atoms with van der Waals surface area (Å²) in [5.41, 5.74) is 21.9. The third-order valence-corrected chi connectivity index (χ3v) is 3.75. The van der Waals surface area contributed by atoms with E-state index in [4.69, 9.17) is 22.6 Å². The van der Waals surface area contributed by atoms with Crippen molar-refractivity contribution >= 4 is 23.5 Å². The summed E-state index contributed by atoms with van der Waals surface area (Å²) in [5, 5.41) is 7.66. The van der Waals surface area contributed by atoms with E-state index in [0.29, 0.717) is 23.2 Å². The van der Waals surface area contributed by atoms with Crippen molar-refractivity contribution in [1.29, 1.82) is 5.41 Å². The number of carbonyl (C=O) groups excluding carboxylic acids is 1. The monoisotopic (exact) mass is 341 g/mol. The summed E-state index contributed by atoms with van der Waals surface area (Å²) >= 11 is 0. The van der Waals surface area contributed by atoms with Gasteiger partial charge in [0.05, 0.1) is 5.69 Å². The van der Waals surface area contributed by atoms with Crippen LogP contribution in [-0.4, -0.2) is 17.1 Å². The van der Waals surface area contributed by atoms with Gasteiger partial charge in [0.2, 0.25) is 0 Å². The van der Waals surface area contributed by atoms with Crippen molar-refractivity contribution in [2.24, 2.45) is 5.73 Å². The molecule has 0 aliphatic rings. The van der Waals surface area contributed by atoms with Gasteiger partial charge in [0.1, 0.15) is 0 Å². The lowest BCUT2D eigenvalue weighted by molar-refractivity contribution is 0.0996. The summed E-state index contributed by atoms with van der Waals surface area (Å²) in [6.07, 6.45) is 2.78. The second kappa shape index (κ2) is 8.82. The Kier molecular flexibility index (Phi) is 7.11. The number of carbonyl (C=O) groups is 1. The summed E-state index contributed by atoms with van der Waals surface area (Å²) in [7, 11) is 0. The van der Waals surface area contributed by atoms with Crippen LogP contribution in [-0.2, 0) is 6.42 Å². The molecule has 1 heterocycles. The number of amides is 1. The number of aryl methyl sites for hydroxylation is 2. The molecule has 0 saturated carbocycles. The number of primary amides is 1. The highest BCUT2D eigenvalue weighted by Gasteiger charge is 2.19. The highest BCUT2D eigenvalue weighted by molar-refractivity contribution is 6.03. The van der Waals surface area contributed by atoms with Gasteiger partial charge in [-0.15, -0.1) is 0 Å². The van der Waals surface area contributed by atoms with Crippen LogP contribution >= 0.6 is 0 Å². The van der Waals surface area contributed by atoms with Crippen LogP contribution < -0.4 is 17.2 Å². The van der Waals surface area contributed by atoms with Crippen molar-refractivity contribution < 1.29 is 4.79 Å². The lowest BCUT2D eigenvalue weighted by Crippen LogP contribution is -2.18. The Morgan fingerprint density at radius 3 is 2.44 bits per heavy atom. The van der Waals surface area contributed by atoms with E-state index in [1.165, 1.54) is 6.21 Å². The van der Waals surface area contributed by atoms with Crippen LogP contribution in [0.3, 0.4) is 0 Å². The highest BCUT2D eigenvalue weighted by Crippen LogP contribution is 2.35. The van der Waals surface area contributed by atoms with Gasteiger partial charge in [-0.1, -0.05) is 33.3 Å². The molecule has 2 rings (SSSR count). The van der Waals surface area contributed by atoms with Gasteiger partial charge in [-0.25, -0.2) is 4.98 Å². The van der Waals surface area contributed by atoms with E-state index in [-0.39, 0.29) is 11.4 Å². The Balaban J connectivity index is 0.00000151. The van der Waals surface area contributed by atoms with E-state index < -0.39 is 5.91 Å². The molecule has 0 spiro atoms. The van der Waals surface area contributed by atoms with Crippen LogP contribution in [0.1, 0.15) is 54.5 Å². The predicted molar refractivity (Wildman–Crippen MR) is 105 cm³/mol. The molecule has 0 bridgehead atoms. The predicted octanol–water partition coefficient (Wildman–Crippen LogP) is 3.30. The first-order chi connectivity index (χ1) is 11.9. The molecule has 0 saturated heterocycles. The fraction of sp³-hybridized carbons (Fsp3) is 0.316. The third-order valence-electron chi connectivity index (χ3n) is 3.75. The Labute approximate surface area is 149 Å².